The Morgan fingerprint density at radius 3 is 2.75 bits per heavy atom. The van der Waals surface area contributed by atoms with Crippen LogP contribution in [0.5, 0.6) is 0 Å². The maximum absolute atomic E-state index is 12.0. The van der Waals surface area contributed by atoms with E-state index in [4.69, 9.17) is 5.41 Å². The highest BCUT2D eigenvalue weighted by molar-refractivity contribution is 7.08. The predicted octanol–water partition coefficient (Wildman–Crippen LogP) is 2.79. The molecule has 4 heteroatoms. The number of amides is 1. The predicted molar refractivity (Wildman–Crippen MR) is 64.7 cm³/mol. The van der Waals surface area contributed by atoms with Gasteiger partial charge in [0.25, 0.3) is 5.91 Å². The SMILES string of the molecule is N=C1C(=O)N(c2ccsc2)c2ccccc21. The molecule has 0 aliphatic carbocycles. The number of thiophene rings is 1. The lowest BCUT2D eigenvalue weighted by atomic mass is 10.1. The lowest BCUT2D eigenvalue weighted by Gasteiger charge is -2.14. The summed E-state index contributed by atoms with van der Waals surface area (Å²) in [6.07, 6.45) is 0. The normalized spacial score (nSPS) is 14.4. The van der Waals surface area contributed by atoms with Crippen LogP contribution < -0.4 is 4.90 Å². The standard InChI is InChI=1S/C12H8N2OS/c13-11-9-3-1-2-4-10(9)14(12(11)15)8-5-6-16-7-8/h1-7,13H. The van der Waals surface area contributed by atoms with Crippen LogP contribution in [0.3, 0.4) is 0 Å². The fourth-order valence-corrected chi connectivity index (χ4v) is 2.48. The molecule has 0 spiro atoms. The summed E-state index contributed by atoms with van der Waals surface area (Å²) < 4.78 is 0. The molecule has 0 saturated heterocycles. The van der Waals surface area contributed by atoms with Gasteiger partial charge in [-0.05, 0) is 17.5 Å². The van der Waals surface area contributed by atoms with Crippen LogP contribution in [-0.2, 0) is 4.79 Å². The van der Waals surface area contributed by atoms with Crippen LogP contribution in [-0.4, -0.2) is 11.6 Å². The van der Waals surface area contributed by atoms with Gasteiger partial charge in [-0.25, -0.2) is 0 Å². The van der Waals surface area contributed by atoms with Crippen LogP contribution in [0, 0.1) is 5.41 Å². The quantitative estimate of drug-likeness (QED) is 0.801. The third-order valence-corrected chi connectivity index (χ3v) is 3.27. The van der Waals surface area contributed by atoms with E-state index in [-0.39, 0.29) is 11.6 Å². The molecule has 0 radical (unpaired) electrons. The third kappa shape index (κ3) is 1.13. The van der Waals surface area contributed by atoms with Crippen LogP contribution in [0.25, 0.3) is 0 Å². The van der Waals surface area contributed by atoms with Crippen molar-refractivity contribution in [2.75, 3.05) is 4.90 Å². The van der Waals surface area contributed by atoms with E-state index < -0.39 is 0 Å². The molecule has 1 N–H and O–H groups in total. The van der Waals surface area contributed by atoms with E-state index >= 15 is 0 Å². The van der Waals surface area contributed by atoms with Crippen molar-refractivity contribution in [2.45, 2.75) is 0 Å². The van der Waals surface area contributed by atoms with Gasteiger partial charge in [-0.1, -0.05) is 18.2 Å². The van der Waals surface area contributed by atoms with Crippen LogP contribution in [0.4, 0.5) is 11.4 Å². The van der Waals surface area contributed by atoms with E-state index in [0.717, 1.165) is 11.4 Å². The van der Waals surface area contributed by atoms with Crippen molar-refractivity contribution in [1.29, 1.82) is 5.41 Å². The Kier molecular flexibility index (Phi) is 1.91. The van der Waals surface area contributed by atoms with Crippen molar-refractivity contribution in [3.63, 3.8) is 0 Å². The lowest BCUT2D eigenvalue weighted by Crippen LogP contribution is -2.24. The molecular weight excluding hydrogens is 220 g/mol. The number of rotatable bonds is 1. The number of nitrogens with one attached hydrogen (secondary N) is 1. The summed E-state index contributed by atoms with van der Waals surface area (Å²) in [5, 5.41) is 11.6. The van der Waals surface area contributed by atoms with E-state index in [0.29, 0.717) is 5.56 Å². The maximum atomic E-state index is 12.0. The van der Waals surface area contributed by atoms with E-state index in [1.807, 2.05) is 41.1 Å². The van der Waals surface area contributed by atoms with Gasteiger partial charge in [0, 0.05) is 10.9 Å². The first kappa shape index (κ1) is 9.30. The van der Waals surface area contributed by atoms with Gasteiger partial charge in [-0.2, -0.15) is 11.3 Å². The molecule has 3 nitrogen and oxygen atoms in total. The Morgan fingerprint density at radius 1 is 1.19 bits per heavy atom. The summed E-state index contributed by atoms with van der Waals surface area (Å²) in [5.41, 5.74) is 2.42. The molecule has 1 amide bonds. The van der Waals surface area contributed by atoms with Gasteiger partial charge in [0.2, 0.25) is 0 Å². The molecule has 0 atom stereocenters. The zero-order valence-electron chi connectivity index (χ0n) is 8.31. The third-order valence-electron chi connectivity index (χ3n) is 2.60. The second-order valence-corrected chi connectivity index (χ2v) is 4.29. The first-order valence-corrected chi connectivity index (χ1v) is 5.78. The molecule has 0 unspecified atom stereocenters. The zero-order chi connectivity index (χ0) is 11.1. The molecule has 3 rings (SSSR count). The van der Waals surface area contributed by atoms with Crippen molar-refractivity contribution < 1.29 is 4.79 Å². The number of anilines is 2. The zero-order valence-corrected chi connectivity index (χ0v) is 9.12. The molecular formula is C12H8N2OS. The first-order chi connectivity index (χ1) is 7.79. The number of carbonyl (C=O) groups excluding carboxylic acids is 1. The highest BCUT2D eigenvalue weighted by Crippen LogP contribution is 2.35. The molecule has 0 saturated carbocycles. The second-order valence-electron chi connectivity index (χ2n) is 3.51. The van der Waals surface area contributed by atoms with Gasteiger partial charge in [-0.15, -0.1) is 0 Å². The van der Waals surface area contributed by atoms with E-state index in [9.17, 15) is 4.79 Å². The summed E-state index contributed by atoms with van der Waals surface area (Å²) in [6.45, 7) is 0. The monoisotopic (exact) mass is 228 g/mol. The van der Waals surface area contributed by atoms with Crippen LogP contribution in [0.2, 0.25) is 0 Å². The van der Waals surface area contributed by atoms with Gasteiger partial charge >= 0.3 is 0 Å². The van der Waals surface area contributed by atoms with E-state index in [1.54, 1.807) is 4.90 Å². The van der Waals surface area contributed by atoms with Crippen LogP contribution in [0.1, 0.15) is 5.56 Å². The number of para-hydroxylation sites is 1. The molecule has 0 bridgehead atoms. The Hall–Kier alpha value is -1.94. The number of hydrogen-bond acceptors (Lipinski definition) is 3. The summed E-state index contributed by atoms with van der Waals surface area (Å²) in [5.74, 6) is -0.250. The van der Waals surface area contributed by atoms with Gasteiger partial charge < -0.3 is 0 Å². The Bertz CT molecular complexity index is 574. The van der Waals surface area contributed by atoms with Crippen molar-refractivity contribution in [3.8, 4) is 0 Å². The van der Waals surface area contributed by atoms with Crippen molar-refractivity contribution in [2.24, 2.45) is 0 Å². The summed E-state index contributed by atoms with van der Waals surface area (Å²) in [6, 6.07) is 9.29. The fourth-order valence-electron chi connectivity index (χ4n) is 1.86. The molecule has 1 aromatic carbocycles. The maximum Gasteiger partial charge on any atom is 0.281 e. The molecule has 1 aliphatic heterocycles. The molecule has 2 heterocycles. The second kappa shape index (κ2) is 3.28. The average molecular weight is 228 g/mol. The number of nitrogens with zero attached hydrogens (tertiary/aromatic N) is 1. The number of benzene rings is 1. The van der Waals surface area contributed by atoms with Gasteiger partial charge in [0.1, 0.15) is 5.71 Å². The Balaban J connectivity index is 2.22. The molecule has 78 valence electrons. The molecule has 2 aromatic rings. The van der Waals surface area contributed by atoms with E-state index in [2.05, 4.69) is 0 Å². The number of fused-ring (bicyclic) bond motifs is 1. The minimum atomic E-state index is -0.250. The Morgan fingerprint density at radius 2 is 2.00 bits per heavy atom. The molecule has 1 aliphatic rings. The highest BCUT2D eigenvalue weighted by atomic mass is 32.1. The molecule has 0 fully saturated rings. The highest BCUT2D eigenvalue weighted by Gasteiger charge is 2.33. The number of hydrogen-bond donors (Lipinski definition) is 1. The fraction of sp³-hybridized carbons (Fsp3) is 0. The minimum Gasteiger partial charge on any atom is -0.295 e. The van der Waals surface area contributed by atoms with Gasteiger partial charge in [0.05, 0.1) is 11.4 Å². The first-order valence-electron chi connectivity index (χ1n) is 4.83. The van der Waals surface area contributed by atoms with Gasteiger partial charge in [0.15, 0.2) is 0 Å². The lowest BCUT2D eigenvalue weighted by molar-refractivity contribution is -0.111. The molecule has 16 heavy (non-hydrogen) atoms. The molecule has 1 aromatic heterocycles. The summed E-state index contributed by atoms with van der Waals surface area (Å²) in [7, 11) is 0. The summed E-state index contributed by atoms with van der Waals surface area (Å²) in [4.78, 5) is 13.6. The smallest absolute Gasteiger partial charge is 0.281 e. The minimum absolute atomic E-state index is 0.0711. The number of carbonyl (C=O) groups is 1. The van der Waals surface area contributed by atoms with Crippen LogP contribution in [0.15, 0.2) is 41.1 Å². The average Bonchev–Trinajstić information content (AvgIpc) is 2.89. The summed E-state index contributed by atoms with van der Waals surface area (Å²) >= 11 is 1.54. The van der Waals surface area contributed by atoms with Crippen molar-refractivity contribution >= 4 is 34.3 Å². The van der Waals surface area contributed by atoms with Crippen molar-refractivity contribution in [1.82, 2.24) is 0 Å². The van der Waals surface area contributed by atoms with Crippen LogP contribution >= 0.6 is 11.3 Å². The van der Waals surface area contributed by atoms with Gasteiger partial charge in [-0.3, -0.25) is 15.1 Å². The van der Waals surface area contributed by atoms with Crippen molar-refractivity contribution in [3.05, 3.63) is 46.7 Å². The van der Waals surface area contributed by atoms with E-state index in [1.165, 1.54) is 11.3 Å². The topological polar surface area (TPSA) is 44.2 Å². The largest absolute Gasteiger partial charge is 0.295 e. The Labute approximate surface area is 96.5 Å².